The van der Waals surface area contributed by atoms with Gasteiger partial charge in [-0.15, -0.1) is 0 Å². The molecule has 4 heterocycles. The van der Waals surface area contributed by atoms with Crippen LogP contribution in [0.2, 0.25) is 0 Å². The van der Waals surface area contributed by atoms with Gasteiger partial charge in [-0.1, -0.05) is 29.8 Å². The molecule has 5 rings (SSSR count). The van der Waals surface area contributed by atoms with Crippen molar-refractivity contribution in [1.82, 2.24) is 19.6 Å². The number of hydrogen-bond acceptors (Lipinski definition) is 5. The van der Waals surface area contributed by atoms with E-state index < -0.39 is 24.2 Å². The van der Waals surface area contributed by atoms with Gasteiger partial charge in [-0.25, -0.2) is 4.68 Å². The molecule has 1 aliphatic rings. The number of hydrogen-bond donors (Lipinski definition) is 2. The number of benzene rings is 1. The van der Waals surface area contributed by atoms with Crippen molar-refractivity contribution >= 4 is 17.5 Å². The number of fused-ring (bicyclic) bond motifs is 1. The quantitative estimate of drug-likeness (QED) is 0.431. The van der Waals surface area contributed by atoms with E-state index >= 15 is 0 Å². The number of rotatable bonds is 5. The van der Waals surface area contributed by atoms with E-state index in [1.54, 1.807) is 29.1 Å². The lowest BCUT2D eigenvalue weighted by atomic mass is 10.0. The first-order chi connectivity index (χ1) is 16.3. The van der Waals surface area contributed by atoms with Crippen molar-refractivity contribution < 1.29 is 22.4 Å². The Labute approximate surface area is 192 Å². The van der Waals surface area contributed by atoms with Gasteiger partial charge in [-0.3, -0.25) is 9.48 Å². The zero-order chi connectivity index (χ0) is 23.9. The fraction of sp³-hybridized carbons (Fsp3) is 0.261. The van der Waals surface area contributed by atoms with Crippen molar-refractivity contribution in [1.29, 1.82) is 0 Å². The summed E-state index contributed by atoms with van der Waals surface area (Å²) in [5.41, 5.74) is 2.05. The Kier molecular flexibility index (Phi) is 5.39. The highest BCUT2D eigenvalue weighted by Crippen LogP contribution is 2.43. The molecule has 0 saturated heterocycles. The zero-order valence-electron chi connectivity index (χ0n) is 18.1. The van der Waals surface area contributed by atoms with E-state index in [9.17, 15) is 18.0 Å². The van der Waals surface area contributed by atoms with Gasteiger partial charge < -0.3 is 15.1 Å². The second-order valence-electron chi connectivity index (χ2n) is 8.20. The van der Waals surface area contributed by atoms with Crippen LogP contribution in [-0.4, -0.2) is 31.6 Å². The minimum absolute atomic E-state index is 0.0880. The van der Waals surface area contributed by atoms with E-state index in [0.717, 1.165) is 15.8 Å². The highest BCUT2D eigenvalue weighted by atomic mass is 19.4. The number of anilines is 2. The minimum atomic E-state index is -4.55. The largest absolute Gasteiger partial charge is 0.467 e. The van der Waals surface area contributed by atoms with Crippen LogP contribution in [0.1, 0.15) is 45.9 Å². The van der Waals surface area contributed by atoms with E-state index in [1.807, 2.05) is 31.2 Å². The number of alkyl halides is 3. The van der Waals surface area contributed by atoms with Crippen LogP contribution in [0.4, 0.5) is 24.8 Å². The lowest BCUT2D eigenvalue weighted by Gasteiger charge is -2.32. The summed E-state index contributed by atoms with van der Waals surface area (Å²) in [6.07, 6.45) is -1.74. The highest BCUT2D eigenvalue weighted by Gasteiger charge is 2.47. The number of aromatic nitrogens is 4. The summed E-state index contributed by atoms with van der Waals surface area (Å²) in [5.74, 6) is 0.0912. The Hall–Kier alpha value is -4.02. The summed E-state index contributed by atoms with van der Waals surface area (Å²) in [6, 6.07) is 11.5. The lowest BCUT2D eigenvalue weighted by molar-refractivity contribution is -0.174. The fourth-order valence-corrected chi connectivity index (χ4v) is 3.94. The standard InChI is InChI=1S/C23H21F3N6O2/c1-14-4-6-15(7-5-14)13-31-9-8-20(30-31)28-22(33)17-12-21-27-16(18-3-2-10-34-18)11-19(23(24,25)26)32(21)29-17/h2-10,12,16,19,27H,11,13H2,1H3,(H,28,30,33). The molecule has 0 radical (unpaired) electrons. The van der Waals surface area contributed by atoms with E-state index in [1.165, 1.54) is 12.3 Å². The Morgan fingerprint density at radius 2 is 2.00 bits per heavy atom. The topological polar surface area (TPSA) is 89.9 Å². The number of nitrogens with zero attached hydrogens (tertiary/aromatic N) is 4. The summed E-state index contributed by atoms with van der Waals surface area (Å²) >= 11 is 0. The predicted octanol–water partition coefficient (Wildman–Crippen LogP) is 4.94. The minimum Gasteiger partial charge on any atom is -0.467 e. The number of carbonyl (C=O) groups excluding carboxylic acids is 1. The molecule has 8 nitrogen and oxygen atoms in total. The summed E-state index contributed by atoms with van der Waals surface area (Å²) in [7, 11) is 0. The van der Waals surface area contributed by atoms with Gasteiger partial charge in [0.25, 0.3) is 5.91 Å². The molecule has 1 aromatic carbocycles. The molecule has 2 unspecified atom stereocenters. The van der Waals surface area contributed by atoms with Crippen molar-refractivity contribution in [2.45, 2.75) is 38.1 Å². The zero-order valence-corrected chi connectivity index (χ0v) is 18.1. The van der Waals surface area contributed by atoms with Gasteiger partial charge in [-0.2, -0.15) is 23.4 Å². The van der Waals surface area contributed by atoms with Crippen molar-refractivity contribution in [3.8, 4) is 0 Å². The molecule has 1 aliphatic heterocycles. The van der Waals surface area contributed by atoms with Crippen molar-refractivity contribution in [2.24, 2.45) is 0 Å². The number of halogens is 3. The van der Waals surface area contributed by atoms with Crippen LogP contribution in [0.3, 0.4) is 0 Å². The summed E-state index contributed by atoms with van der Waals surface area (Å²) in [6.45, 7) is 2.52. The molecule has 11 heteroatoms. The predicted molar refractivity (Wildman–Crippen MR) is 117 cm³/mol. The maximum Gasteiger partial charge on any atom is 0.410 e. The Balaban J connectivity index is 1.33. The molecule has 3 aromatic heterocycles. The van der Waals surface area contributed by atoms with Crippen molar-refractivity contribution in [3.05, 3.63) is 83.6 Å². The van der Waals surface area contributed by atoms with Crippen LogP contribution in [0.25, 0.3) is 0 Å². The number of amides is 1. The average Bonchev–Trinajstić information content (AvgIpc) is 3.54. The van der Waals surface area contributed by atoms with Crippen LogP contribution in [0.15, 0.2) is 65.4 Å². The third-order valence-electron chi connectivity index (χ3n) is 5.66. The number of aryl methyl sites for hydroxylation is 1. The SMILES string of the molecule is Cc1ccc(Cn2ccc(NC(=O)c3cc4n(n3)C(C(F)(F)F)CC(c3ccco3)N4)n2)cc1. The maximum atomic E-state index is 13.8. The molecular weight excluding hydrogens is 449 g/mol. The van der Waals surface area contributed by atoms with Gasteiger partial charge in [0.2, 0.25) is 0 Å². The third kappa shape index (κ3) is 4.41. The maximum absolute atomic E-state index is 13.8. The van der Waals surface area contributed by atoms with Crippen LogP contribution in [0.5, 0.6) is 0 Å². The van der Waals surface area contributed by atoms with Gasteiger partial charge >= 0.3 is 6.18 Å². The van der Waals surface area contributed by atoms with Crippen LogP contribution >= 0.6 is 0 Å². The van der Waals surface area contributed by atoms with Gasteiger partial charge in [0.1, 0.15) is 11.6 Å². The second kappa shape index (κ2) is 8.40. The van der Waals surface area contributed by atoms with Crippen LogP contribution in [-0.2, 0) is 6.54 Å². The van der Waals surface area contributed by atoms with E-state index in [2.05, 4.69) is 20.8 Å². The Morgan fingerprint density at radius 3 is 2.71 bits per heavy atom. The molecular formula is C23H21F3N6O2. The number of carbonyl (C=O) groups is 1. The Morgan fingerprint density at radius 1 is 1.21 bits per heavy atom. The molecule has 0 aliphatic carbocycles. The van der Waals surface area contributed by atoms with Gasteiger partial charge in [-0.05, 0) is 24.6 Å². The monoisotopic (exact) mass is 470 g/mol. The first-order valence-electron chi connectivity index (χ1n) is 10.6. The van der Waals surface area contributed by atoms with E-state index in [4.69, 9.17) is 4.42 Å². The van der Waals surface area contributed by atoms with E-state index in [0.29, 0.717) is 12.3 Å². The first kappa shape index (κ1) is 21.8. The molecule has 0 bridgehead atoms. The molecule has 2 atom stereocenters. The molecule has 4 aromatic rings. The van der Waals surface area contributed by atoms with Gasteiger partial charge in [0.15, 0.2) is 17.6 Å². The van der Waals surface area contributed by atoms with Gasteiger partial charge in [0, 0.05) is 24.8 Å². The number of nitrogens with one attached hydrogen (secondary N) is 2. The van der Waals surface area contributed by atoms with Gasteiger partial charge in [0.05, 0.1) is 18.8 Å². The second-order valence-corrected chi connectivity index (χ2v) is 8.20. The van der Waals surface area contributed by atoms with Crippen molar-refractivity contribution in [2.75, 3.05) is 10.6 Å². The summed E-state index contributed by atoms with van der Waals surface area (Å²) in [5, 5.41) is 13.9. The van der Waals surface area contributed by atoms with Crippen LogP contribution < -0.4 is 10.6 Å². The molecule has 1 amide bonds. The number of furan rings is 1. The van der Waals surface area contributed by atoms with Crippen LogP contribution in [0, 0.1) is 6.92 Å². The van der Waals surface area contributed by atoms with Crippen molar-refractivity contribution in [3.63, 3.8) is 0 Å². The lowest BCUT2D eigenvalue weighted by Crippen LogP contribution is -2.35. The Bertz CT molecular complexity index is 1290. The molecule has 2 N–H and O–H groups in total. The highest BCUT2D eigenvalue weighted by molar-refractivity contribution is 6.02. The third-order valence-corrected chi connectivity index (χ3v) is 5.66. The first-order valence-corrected chi connectivity index (χ1v) is 10.6. The van der Waals surface area contributed by atoms with E-state index in [-0.39, 0.29) is 23.8 Å². The summed E-state index contributed by atoms with van der Waals surface area (Å²) < 4.78 is 49.0. The molecule has 176 valence electrons. The fourth-order valence-electron chi connectivity index (χ4n) is 3.94. The molecule has 0 saturated carbocycles. The molecule has 0 spiro atoms. The normalized spacial score (nSPS) is 17.8. The summed E-state index contributed by atoms with van der Waals surface area (Å²) in [4.78, 5) is 12.7. The molecule has 0 fully saturated rings. The smallest absolute Gasteiger partial charge is 0.410 e. The molecule has 34 heavy (non-hydrogen) atoms. The average molecular weight is 470 g/mol.